The summed E-state index contributed by atoms with van der Waals surface area (Å²) in [7, 11) is 4.96. The molecule has 0 aliphatic carbocycles. The van der Waals surface area contributed by atoms with Gasteiger partial charge in [0.15, 0.2) is 5.96 Å². The number of carbonyl (C=O) groups is 1. The number of likely N-dealkylation sites (tertiary alicyclic amines) is 1. The average Bonchev–Trinajstić information content (AvgIpc) is 3.20. The van der Waals surface area contributed by atoms with Crippen molar-refractivity contribution in [3.8, 4) is 5.75 Å². The van der Waals surface area contributed by atoms with E-state index in [4.69, 9.17) is 9.47 Å². The third kappa shape index (κ3) is 6.87. The van der Waals surface area contributed by atoms with Crippen molar-refractivity contribution in [3.05, 3.63) is 24.3 Å². The Balaban J connectivity index is 0.00000363. The fourth-order valence-corrected chi connectivity index (χ4v) is 4.46. The van der Waals surface area contributed by atoms with E-state index >= 15 is 0 Å². The Morgan fingerprint density at radius 3 is 2.41 bits per heavy atom. The monoisotopic (exact) mass is 559 g/mol. The number of anilines is 1. The number of hydrogen-bond acceptors (Lipinski definition) is 6. The van der Waals surface area contributed by atoms with Gasteiger partial charge in [0.25, 0.3) is 0 Å². The molecular weight excluding hydrogens is 521 g/mol. The lowest BCUT2D eigenvalue weighted by Crippen LogP contribution is -2.47. The molecule has 1 aromatic carbocycles. The largest absolute Gasteiger partial charge is 0.497 e. The van der Waals surface area contributed by atoms with Crippen LogP contribution in [-0.2, 0) is 9.53 Å². The van der Waals surface area contributed by atoms with Crippen LogP contribution in [0.5, 0.6) is 5.75 Å². The van der Waals surface area contributed by atoms with Crippen molar-refractivity contribution in [2.24, 2.45) is 16.8 Å². The van der Waals surface area contributed by atoms with E-state index in [1.54, 1.807) is 14.2 Å². The Morgan fingerprint density at radius 2 is 1.81 bits per heavy atom. The Kier molecular flexibility index (Phi) is 10.8. The number of piperazine rings is 1. The fraction of sp³-hybridized carbons (Fsp3) is 0.652. The van der Waals surface area contributed by atoms with Crippen LogP contribution in [0.25, 0.3) is 0 Å². The summed E-state index contributed by atoms with van der Waals surface area (Å²) in [6.07, 6.45) is 1.06. The molecule has 2 unspecified atom stereocenters. The molecule has 1 N–H and O–H groups in total. The van der Waals surface area contributed by atoms with Crippen molar-refractivity contribution in [1.29, 1.82) is 0 Å². The molecule has 1 aromatic rings. The number of carbonyl (C=O) groups excluding carboxylic acids is 1. The Bertz CT molecular complexity index is 738. The van der Waals surface area contributed by atoms with Gasteiger partial charge in [-0.25, -0.2) is 0 Å². The van der Waals surface area contributed by atoms with Crippen LogP contribution in [0.3, 0.4) is 0 Å². The minimum atomic E-state index is -0.126. The van der Waals surface area contributed by atoms with Gasteiger partial charge in [-0.15, -0.1) is 24.0 Å². The van der Waals surface area contributed by atoms with Gasteiger partial charge in [-0.3, -0.25) is 14.7 Å². The highest BCUT2D eigenvalue weighted by atomic mass is 127. The molecule has 0 aromatic heterocycles. The van der Waals surface area contributed by atoms with Crippen LogP contribution in [-0.4, -0.2) is 95.4 Å². The zero-order valence-corrected chi connectivity index (χ0v) is 22.1. The van der Waals surface area contributed by atoms with Crippen LogP contribution in [0.4, 0.5) is 5.69 Å². The lowest BCUT2D eigenvalue weighted by atomic mass is 9.99. The molecule has 180 valence electrons. The van der Waals surface area contributed by atoms with Gasteiger partial charge < -0.3 is 24.6 Å². The summed E-state index contributed by atoms with van der Waals surface area (Å²) in [5.41, 5.74) is 1.26. The molecule has 0 radical (unpaired) electrons. The molecule has 0 amide bonds. The predicted octanol–water partition coefficient (Wildman–Crippen LogP) is 2.14. The summed E-state index contributed by atoms with van der Waals surface area (Å²) >= 11 is 0. The summed E-state index contributed by atoms with van der Waals surface area (Å²) in [5, 5.41) is 3.47. The number of benzene rings is 1. The molecule has 2 fully saturated rings. The molecule has 2 heterocycles. The minimum Gasteiger partial charge on any atom is -0.497 e. The third-order valence-electron chi connectivity index (χ3n) is 6.37. The SMILES string of the molecule is CN=C(NCCCN1CCN(c2ccc(OC)cc2)CC1)N1CC(C)C(C(=O)OC)C1.I. The van der Waals surface area contributed by atoms with Crippen LogP contribution in [0.2, 0.25) is 0 Å². The van der Waals surface area contributed by atoms with Gasteiger partial charge in [-0.2, -0.15) is 0 Å². The van der Waals surface area contributed by atoms with E-state index in [0.29, 0.717) is 6.54 Å². The molecular formula is C23H38IN5O3. The van der Waals surface area contributed by atoms with Crippen molar-refractivity contribution in [2.45, 2.75) is 13.3 Å². The van der Waals surface area contributed by atoms with E-state index < -0.39 is 0 Å². The number of guanidine groups is 1. The van der Waals surface area contributed by atoms with Gasteiger partial charge in [-0.05, 0) is 43.1 Å². The summed E-state index contributed by atoms with van der Waals surface area (Å²) < 4.78 is 10.2. The van der Waals surface area contributed by atoms with Gasteiger partial charge in [0.2, 0.25) is 0 Å². The molecule has 0 saturated carbocycles. The molecule has 0 bridgehead atoms. The van der Waals surface area contributed by atoms with Crippen molar-refractivity contribution < 1.29 is 14.3 Å². The quantitative estimate of drug-likeness (QED) is 0.181. The van der Waals surface area contributed by atoms with E-state index in [0.717, 1.165) is 63.9 Å². The van der Waals surface area contributed by atoms with E-state index in [1.165, 1.54) is 12.8 Å². The highest BCUT2D eigenvalue weighted by molar-refractivity contribution is 14.0. The minimum absolute atomic E-state index is 0. The second-order valence-corrected chi connectivity index (χ2v) is 8.37. The van der Waals surface area contributed by atoms with Crippen molar-refractivity contribution >= 4 is 41.6 Å². The van der Waals surface area contributed by atoms with E-state index in [2.05, 4.69) is 44.1 Å². The number of ether oxygens (including phenoxy) is 2. The standard InChI is InChI=1S/C23H37N5O3.HI/c1-18-16-28(17-21(18)22(29)31-4)23(24-2)25-10-5-11-26-12-14-27(15-13-26)19-6-8-20(30-3)9-7-19;/h6-9,18,21H,5,10-17H2,1-4H3,(H,24,25);1H. The van der Waals surface area contributed by atoms with E-state index in [-0.39, 0.29) is 41.8 Å². The first-order valence-corrected chi connectivity index (χ1v) is 11.2. The summed E-state index contributed by atoms with van der Waals surface area (Å²) in [5.74, 6) is 1.84. The van der Waals surface area contributed by atoms with Crippen LogP contribution in [0.1, 0.15) is 13.3 Å². The average molecular weight is 559 g/mol. The Morgan fingerprint density at radius 1 is 1.12 bits per heavy atom. The molecule has 8 nitrogen and oxygen atoms in total. The third-order valence-corrected chi connectivity index (χ3v) is 6.37. The van der Waals surface area contributed by atoms with E-state index in [9.17, 15) is 4.79 Å². The maximum absolute atomic E-state index is 11.9. The zero-order valence-electron chi connectivity index (χ0n) is 19.7. The van der Waals surface area contributed by atoms with Crippen LogP contribution < -0.4 is 15.0 Å². The maximum atomic E-state index is 11.9. The smallest absolute Gasteiger partial charge is 0.310 e. The fourth-order valence-electron chi connectivity index (χ4n) is 4.46. The Labute approximate surface area is 209 Å². The second-order valence-electron chi connectivity index (χ2n) is 8.37. The predicted molar refractivity (Wildman–Crippen MR) is 139 cm³/mol. The zero-order chi connectivity index (χ0) is 22.2. The van der Waals surface area contributed by atoms with Crippen LogP contribution in [0, 0.1) is 11.8 Å². The van der Waals surface area contributed by atoms with E-state index in [1.807, 2.05) is 12.1 Å². The number of hydrogen-bond donors (Lipinski definition) is 1. The van der Waals surface area contributed by atoms with Gasteiger partial charge in [0, 0.05) is 58.5 Å². The van der Waals surface area contributed by atoms with Crippen LogP contribution >= 0.6 is 24.0 Å². The normalized spacial score (nSPS) is 21.8. The Hall–Kier alpha value is -1.75. The van der Waals surface area contributed by atoms with Crippen molar-refractivity contribution in [3.63, 3.8) is 0 Å². The molecule has 0 spiro atoms. The number of methoxy groups -OCH3 is 2. The second kappa shape index (κ2) is 13.1. The summed E-state index contributed by atoms with van der Waals surface area (Å²) in [6, 6.07) is 8.31. The van der Waals surface area contributed by atoms with Gasteiger partial charge in [0.1, 0.15) is 5.75 Å². The van der Waals surface area contributed by atoms with Gasteiger partial charge in [0.05, 0.1) is 20.1 Å². The number of aliphatic imine (C=N–C) groups is 1. The molecule has 32 heavy (non-hydrogen) atoms. The highest BCUT2D eigenvalue weighted by Crippen LogP contribution is 2.24. The first-order chi connectivity index (χ1) is 15.0. The highest BCUT2D eigenvalue weighted by Gasteiger charge is 2.36. The molecule has 2 aliphatic rings. The molecule has 2 aliphatic heterocycles. The molecule has 3 rings (SSSR count). The number of esters is 1. The molecule has 9 heteroatoms. The topological polar surface area (TPSA) is 69.6 Å². The summed E-state index contributed by atoms with van der Waals surface area (Å²) in [6.45, 7) is 9.77. The van der Waals surface area contributed by atoms with Gasteiger partial charge in [-0.1, -0.05) is 6.92 Å². The number of halogens is 1. The summed E-state index contributed by atoms with van der Waals surface area (Å²) in [4.78, 5) is 23.5. The van der Waals surface area contributed by atoms with Crippen LogP contribution in [0.15, 0.2) is 29.3 Å². The molecule has 2 saturated heterocycles. The number of nitrogens with one attached hydrogen (secondary N) is 1. The lowest BCUT2D eigenvalue weighted by Gasteiger charge is -2.36. The first kappa shape index (κ1) is 26.5. The lowest BCUT2D eigenvalue weighted by molar-refractivity contribution is -0.145. The van der Waals surface area contributed by atoms with Crippen molar-refractivity contribution in [1.82, 2.24) is 15.1 Å². The maximum Gasteiger partial charge on any atom is 0.310 e. The number of rotatable bonds is 7. The number of nitrogens with zero attached hydrogens (tertiary/aromatic N) is 4. The van der Waals surface area contributed by atoms with Crippen molar-refractivity contribution in [2.75, 3.05) is 78.5 Å². The van der Waals surface area contributed by atoms with Gasteiger partial charge >= 0.3 is 5.97 Å². The molecule has 2 atom stereocenters. The first-order valence-electron chi connectivity index (χ1n) is 11.2.